The lowest BCUT2D eigenvalue weighted by Crippen LogP contribution is -2.60. The van der Waals surface area contributed by atoms with E-state index in [9.17, 15) is 34.8 Å². The van der Waals surface area contributed by atoms with Gasteiger partial charge in [0, 0.05) is 12.8 Å². The van der Waals surface area contributed by atoms with Crippen LogP contribution in [0.4, 0.5) is 0 Å². The van der Waals surface area contributed by atoms with E-state index in [2.05, 4.69) is 26.0 Å². The fourth-order valence-corrected chi connectivity index (χ4v) is 7.88. The third-order valence-electron chi connectivity index (χ3n) is 11.9. The molecule has 4 N–H and O–H groups in total. The minimum Gasteiger partial charge on any atom is -0.479 e. The minimum atomic E-state index is -1.86. The monoisotopic (exact) mass is 869 g/mol. The molecule has 0 amide bonds. The van der Waals surface area contributed by atoms with Gasteiger partial charge in [0.25, 0.3) is 0 Å². The molecule has 0 bridgehead atoms. The zero-order valence-electron chi connectivity index (χ0n) is 38.9. The Kier molecular flexibility index (Phi) is 38.0. The summed E-state index contributed by atoms with van der Waals surface area (Å²) in [5, 5.41) is 39.9. The molecule has 0 aromatic rings. The Hall–Kier alpha value is -2.05. The number of aliphatic carboxylic acids is 1. The third-order valence-corrected chi connectivity index (χ3v) is 11.9. The van der Waals surface area contributed by atoms with E-state index in [0.29, 0.717) is 12.8 Å². The van der Waals surface area contributed by atoms with Crippen LogP contribution >= 0.6 is 0 Å². The summed E-state index contributed by atoms with van der Waals surface area (Å²) in [6.07, 6.45) is 35.6. The highest BCUT2D eigenvalue weighted by Gasteiger charge is 2.47. The standard InChI is InChI=1S/C50H92O11/c1-3-5-7-9-11-13-15-17-18-19-20-21-22-23-24-25-27-29-31-33-35-37-39-44(52)60-42(41-59-50-47(55)45(53)46(54)48(61-50)49(56)57)40-58-43(51)38-36-34-32-30-28-26-16-14-12-10-8-6-4-2/h14,16,42,45-48,50,53-55H,3-13,15,17-41H2,1-2H3,(H,56,57)/b16-14-. The second-order valence-corrected chi connectivity index (χ2v) is 17.7. The van der Waals surface area contributed by atoms with Gasteiger partial charge in [-0.1, -0.05) is 199 Å². The van der Waals surface area contributed by atoms with Crippen LogP contribution < -0.4 is 0 Å². The van der Waals surface area contributed by atoms with Gasteiger partial charge in [-0.3, -0.25) is 9.59 Å². The molecule has 0 aromatic heterocycles. The molecule has 1 aliphatic rings. The number of aliphatic hydroxyl groups is 3. The Morgan fingerprint density at radius 2 is 0.869 bits per heavy atom. The first-order valence-corrected chi connectivity index (χ1v) is 25.2. The molecule has 11 nitrogen and oxygen atoms in total. The van der Waals surface area contributed by atoms with E-state index in [1.165, 1.54) is 141 Å². The molecule has 0 aromatic carbocycles. The first-order valence-electron chi connectivity index (χ1n) is 25.2. The smallest absolute Gasteiger partial charge is 0.335 e. The summed E-state index contributed by atoms with van der Waals surface area (Å²) in [7, 11) is 0. The lowest BCUT2D eigenvalue weighted by atomic mass is 9.99. The van der Waals surface area contributed by atoms with Crippen molar-refractivity contribution in [1.29, 1.82) is 0 Å². The number of hydrogen-bond acceptors (Lipinski definition) is 10. The van der Waals surface area contributed by atoms with Crippen molar-refractivity contribution in [2.24, 2.45) is 0 Å². The predicted octanol–water partition coefficient (Wildman–Crippen LogP) is 11.6. The van der Waals surface area contributed by atoms with E-state index in [1.807, 2.05) is 0 Å². The molecular formula is C50H92O11. The largest absolute Gasteiger partial charge is 0.479 e. The Morgan fingerprint density at radius 1 is 0.492 bits per heavy atom. The summed E-state index contributed by atoms with van der Waals surface area (Å²) in [5.41, 5.74) is 0. The van der Waals surface area contributed by atoms with Crippen molar-refractivity contribution in [3.05, 3.63) is 12.2 Å². The van der Waals surface area contributed by atoms with Crippen molar-refractivity contribution in [2.75, 3.05) is 13.2 Å². The third kappa shape index (κ3) is 32.3. The molecule has 0 saturated carbocycles. The summed E-state index contributed by atoms with van der Waals surface area (Å²) >= 11 is 0. The zero-order valence-corrected chi connectivity index (χ0v) is 38.9. The molecule has 0 aliphatic carbocycles. The molecule has 6 atom stereocenters. The Labute approximate surface area is 371 Å². The van der Waals surface area contributed by atoms with Gasteiger partial charge in [0.2, 0.25) is 0 Å². The number of carboxylic acids is 1. The van der Waals surface area contributed by atoms with Crippen LogP contribution in [0, 0.1) is 0 Å². The maximum Gasteiger partial charge on any atom is 0.335 e. The molecule has 0 spiro atoms. The minimum absolute atomic E-state index is 0.187. The van der Waals surface area contributed by atoms with Crippen LogP contribution in [0.1, 0.15) is 239 Å². The number of rotatable bonds is 43. The first-order chi connectivity index (χ1) is 29.7. The van der Waals surface area contributed by atoms with E-state index in [1.54, 1.807) is 0 Å². The number of carboxylic acid groups (broad SMARTS) is 1. The molecule has 0 radical (unpaired) electrons. The van der Waals surface area contributed by atoms with Crippen LogP contribution in [-0.2, 0) is 33.3 Å². The van der Waals surface area contributed by atoms with Crippen LogP contribution in [-0.4, -0.2) is 88.4 Å². The summed E-state index contributed by atoms with van der Waals surface area (Å²) in [6, 6.07) is 0. The topological polar surface area (TPSA) is 169 Å². The first kappa shape index (κ1) is 57.0. The van der Waals surface area contributed by atoms with Gasteiger partial charge in [0.15, 0.2) is 18.5 Å². The average molecular weight is 869 g/mol. The number of unbranched alkanes of at least 4 members (excludes halogenated alkanes) is 30. The Bertz CT molecular complexity index is 1070. The van der Waals surface area contributed by atoms with Gasteiger partial charge in [-0.05, 0) is 38.5 Å². The van der Waals surface area contributed by atoms with Crippen molar-refractivity contribution in [1.82, 2.24) is 0 Å². The van der Waals surface area contributed by atoms with E-state index in [0.717, 1.165) is 57.8 Å². The summed E-state index contributed by atoms with van der Waals surface area (Å²) in [4.78, 5) is 36.9. The molecule has 1 heterocycles. The van der Waals surface area contributed by atoms with Crippen LogP contribution in [0.3, 0.4) is 0 Å². The maximum atomic E-state index is 12.8. The number of aliphatic hydroxyl groups excluding tert-OH is 3. The molecule has 1 fully saturated rings. The average Bonchev–Trinajstić information content (AvgIpc) is 3.24. The van der Waals surface area contributed by atoms with Gasteiger partial charge < -0.3 is 39.4 Å². The number of carbonyl (C=O) groups is 3. The second kappa shape index (κ2) is 40.7. The summed E-state index contributed by atoms with van der Waals surface area (Å²) in [5.74, 6) is -2.44. The van der Waals surface area contributed by atoms with Crippen LogP contribution in [0.5, 0.6) is 0 Å². The molecule has 358 valence electrons. The van der Waals surface area contributed by atoms with Crippen molar-refractivity contribution in [3.63, 3.8) is 0 Å². The van der Waals surface area contributed by atoms with Crippen molar-refractivity contribution in [2.45, 2.75) is 275 Å². The number of carbonyl (C=O) groups excluding carboxylic acids is 2. The van der Waals surface area contributed by atoms with Gasteiger partial charge in [-0.15, -0.1) is 0 Å². The quantitative estimate of drug-likeness (QED) is 0.0261. The lowest BCUT2D eigenvalue weighted by molar-refractivity contribution is -0.298. The zero-order chi connectivity index (χ0) is 44.6. The van der Waals surface area contributed by atoms with Gasteiger partial charge in [0.05, 0.1) is 6.61 Å². The van der Waals surface area contributed by atoms with Crippen LogP contribution in [0.2, 0.25) is 0 Å². The summed E-state index contributed by atoms with van der Waals surface area (Å²) < 4.78 is 21.8. The highest BCUT2D eigenvalue weighted by molar-refractivity contribution is 5.73. The number of esters is 2. The van der Waals surface area contributed by atoms with Crippen molar-refractivity contribution >= 4 is 17.9 Å². The highest BCUT2D eigenvalue weighted by atomic mass is 16.7. The van der Waals surface area contributed by atoms with Gasteiger partial charge in [0.1, 0.15) is 24.9 Å². The normalized spacial score (nSPS) is 19.7. The van der Waals surface area contributed by atoms with E-state index in [4.69, 9.17) is 18.9 Å². The van der Waals surface area contributed by atoms with Gasteiger partial charge in [-0.2, -0.15) is 0 Å². The molecule has 6 unspecified atom stereocenters. The van der Waals surface area contributed by atoms with E-state index >= 15 is 0 Å². The fourth-order valence-electron chi connectivity index (χ4n) is 7.88. The van der Waals surface area contributed by atoms with Gasteiger partial charge in [-0.25, -0.2) is 4.79 Å². The molecular weight excluding hydrogens is 777 g/mol. The number of hydrogen-bond donors (Lipinski definition) is 4. The maximum absolute atomic E-state index is 12.8. The van der Waals surface area contributed by atoms with Crippen LogP contribution in [0.25, 0.3) is 0 Å². The van der Waals surface area contributed by atoms with E-state index < -0.39 is 54.7 Å². The van der Waals surface area contributed by atoms with Crippen LogP contribution in [0.15, 0.2) is 12.2 Å². The molecule has 11 heteroatoms. The Balaban J connectivity index is 2.27. The molecule has 1 saturated heterocycles. The van der Waals surface area contributed by atoms with Crippen molar-refractivity contribution in [3.8, 4) is 0 Å². The second-order valence-electron chi connectivity index (χ2n) is 17.7. The summed E-state index contributed by atoms with van der Waals surface area (Å²) in [6.45, 7) is 3.82. The predicted molar refractivity (Wildman–Crippen MR) is 243 cm³/mol. The van der Waals surface area contributed by atoms with Crippen molar-refractivity contribution < 1.29 is 53.8 Å². The lowest BCUT2D eigenvalue weighted by Gasteiger charge is -2.38. The SMILES string of the molecule is CCCCCC/C=C\CCCCCCCC(=O)OCC(COC1OC(C(=O)O)C(O)C(O)C1O)OC(=O)CCCCCCCCCCCCCCCCCCCCCCCC. The van der Waals surface area contributed by atoms with E-state index in [-0.39, 0.29) is 26.1 Å². The number of ether oxygens (including phenoxy) is 4. The molecule has 1 rings (SSSR count). The molecule has 1 aliphatic heterocycles. The number of allylic oxidation sites excluding steroid dienone is 2. The fraction of sp³-hybridized carbons (Fsp3) is 0.900. The van der Waals surface area contributed by atoms with Gasteiger partial charge >= 0.3 is 17.9 Å². The Morgan fingerprint density at radius 3 is 1.30 bits per heavy atom. The highest BCUT2D eigenvalue weighted by Crippen LogP contribution is 2.23. The molecule has 61 heavy (non-hydrogen) atoms.